The molecule has 3 rings (SSSR count). The fraction of sp³-hybridized carbons (Fsp3) is 0.333. The summed E-state index contributed by atoms with van der Waals surface area (Å²) in [6.45, 7) is 0.547. The number of hydrogen-bond donors (Lipinski definition) is 1. The van der Waals surface area contributed by atoms with E-state index in [4.69, 9.17) is 32.7 Å². The second kappa shape index (κ2) is 9.37. The second-order valence-electron chi connectivity index (χ2n) is 6.71. The number of ether oxygens (including phenoxy) is 2. The molecule has 0 bridgehead atoms. The van der Waals surface area contributed by atoms with Gasteiger partial charge in [-0.3, -0.25) is 9.59 Å². The van der Waals surface area contributed by atoms with Crippen molar-refractivity contribution in [3.05, 3.63) is 57.6 Å². The molecule has 1 fully saturated rings. The highest BCUT2D eigenvalue weighted by Crippen LogP contribution is 2.28. The SMILES string of the molecule is COc1ccc(CNC(=O)[C@@H]2CCC(=O)N2Cc2ccc(Cl)cc2Cl)c(OC)c1. The number of rotatable bonds is 7. The highest BCUT2D eigenvalue weighted by molar-refractivity contribution is 6.35. The summed E-state index contributed by atoms with van der Waals surface area (Å²) in [5, 5.41) is 3.90. The molecule has 2 aromatic carbocycles. The van der Waals surface area contributed by atoms with Gasteiger partial charge in [0.1, 0.15) is 17.5 Å². The van der Waals surface area contributed by atoms with Crippen molar-refractivity contribution in [1.29, 1.82) is 0 Å². The molecule has 154 valence electrons. The molecule has 0 saturated carbocycles. The van der Waals surface area contributed by atoms with Crippen molar-refractivity contribution in [2.24, 2.45) is 0 Å². The number of nitrogens with one attached hydrogen (secondary N) is 1. The minimum Gasteiger partial charge on any atom is -0.497 e. The van der Waals surface area contributed by atoms with Gasteiger partial charge >= 0.3 is 0 Å². The van der Waals surface area contributed by atoms with E-state index >= 15 is 0 Å². The molecule has 1 aliphatic heterocycles. The summed E-state index contributed by atoms with van der Waals surface area (Å²) in [5.74, 6) is 1.01. The molecule has 0 spiro atoms. The van der Waals surface area contributed by atoms with E-state index < -0.39 is 6.04 Å². The Balaban J connectivity index is 1.68. The van der Waals surface area contributed by atoms with Crippen LogP contribution in [0.15, 0.2) is 36.4 Å². The number of halogens is 2. The summed E-state index contributed by atoms with van der Waals surface area (Å²) in [5.41, 5.74) is 1.57. The lowest BCUT2D eigenvalue weighted by molar-refractivity contribution is -0.135. The van der Waals surface area contributed by atoms with Crippen molar-refractivity contribution in [3.63, 3.8) is 0 Å². The molecule has 8 heteroatoms. The smallest absolute Gasteiger partial charge is 0.243 e. The maximum absolute atomic E-state index is 12.8. The van der Waals surface area contributed by atoms with Gasteiger partial charge in [0.15, 0.2) is 0 Å². The Hall–Kier alpha value is -2.44. The van der Waals surface area contributed by atoms with Gasteiger partial charge in [0.05, 0.1) is 14.2 Å². The number of carbonyl (C=O) groups is 2. The number of methoxy groups -OCH3 is 2. The van der Waals surface area contributed by atoms with Crippen LogP contribution in [0.25, 0.3) is 0 Å². The maximum atomic E-state index is 12.8. The first-order valence-electron chi connectivity index (χ1n) is 9.15. The second-order valence-corrected chi connectivity index (χ2v) is 7.55. The summed E-state index contributed by atoms with van der Waals surface area (Å²) in [7, 11) is 3.14. The minimum atomic E-state index is -0.543. The zero-order valence-electron chi connectivity index (χ0n) is 16.2. The Morgan fingerprint density at radius 1 is 1.14 bits per heavy atom. The summed E-state index contributed by atoms with van der Waals surface area (Å²) in [6.07, 6.45) is 0.796. The first-order valence-corrected chi connectivity index (χ1v) is 9.90. The Labute approximate surface area is 179 Å². The Morgan fingerprint density at radius 2 is 1.90 bits per heavy atom. The molecule has 1 heterocycles. The van der Waals surface area contributed by atoms with Crippen LogP contribution >= 0.6 is 23.2 Å². The summed E-state index contributed by atoms with van der Waals surface area (Å²) in [6, 6.07) is 9.97. The third-order valence-electron chi connectivity index (χ3n) is 4.93. The lowest BCUT2D eigenvalue weighted by atomic mass is 10.1. The van der Waals surface area contributed by atoms with Gasteiger partial charge in [0.2, 0.25) is 11.8 Å². The van der Waals surface area contributed by atoms with Gasteiger partial charge < -0.3 is 19.7 Å². The van der Waals surface area contributed by atoms with E-state index in [9.17, 15) is 9.59 Å². The Kier molecular flexibility index (Phi) is 6.87. The number of likely N-dealkylation sites (tertiary alicyclic amines) is 1. The molecule has 0 aliphatic carbocycles. The highest BCUT2D eigenvalue weighted by atomic mass is 35.5. The molecule has 1 saturated heterocycles. The summed E-state index contributed by atoms with van der Waals surface area (Å²) in [4.78, 5) is 26.7. The van der Waals surface area contributed by atoms with Gasteiger partial charge in [-0.25, -0.2) is 0 Å². The third kappa shape index (κ3) is 4.95. The van der Waals surface area contributed by atoms with Crippen molar-refractivity contribution in [1.82, 2.24) is 10.2 Å². The average Bonchev–Trinajstić information content (AvgIpc) is 3.08. The van der Waals surface area contributed by atoms with Crippen LogP contribution in [0.4, 0.5) is 0 Å². The monoisotopic (exact) mass is 436 g/mol. The zero-order chi connectivity index (χ0) is 21.0. The highest BCUT2D eigenvalue weighted by Gasteiger charge is 2.36. The van der Waals surface area contributed by atoms with Crippen LogP contribution in [-0.2, 0) is 22.7 Å². The number of benzene rings is 2. The van der Waals surface area contributed by atoms with Crippen LogP contribution in [0.3, 0.4) is 0 Å². The number of carbonyl (C=O) groups excluding carboxylic acids is 2. The lowest BCUT2D eigenvalue weighted by Gasteiger charge is -2.25. The standard InChI is InChI=1S/C21H22Cl2N2O4/c1-28-16-6-4-13(19(10-16)29-2)11-24-21(27)18-7-8-20(26)25(18)12-14-3-5-15(22)9-17(14)23/h3-6,9-10,18H,7-8,11-12H2,1-2H3,(H,24,27)/t18-/m0/s1. The van der Waals surface area contributed by atoms with E-state index in [1.807, 2.05) is 6.07 Å². The van der Waals surface area contributed by atoms with Crippen molar-refractivity contribution >= 4 is 35.0 Å². The van der Waals surface area contributed by atoms with Crippen LogP contribution in [-0.4, -0.2) is 37.0 Å². The molecular weight excluding hydrogens is 415 g/mol. The van der Waals surface area contributed by atoms with Gasteiger partial charge in [-0.2, -0.15) is 0 Å². The average molecular weight is 437 g/mol. The molecule has 2 amide bonds. The van der Waals surface area contributed by atoms with E-state index in [0.717, 1.165) is 11.1 Å². The van der Waals surface area contributed by atoms with E-state index in [0.29, 0.717) is 34.4 Å². The molecule has 0 unspecified atom stereocenters. The molecule has 2 aromatic rings. The number of amides is 2. The van der Waals surface area contributed by atoms with Crippen molar-refractivity contribution in [2.75, 3.05) is 14.2 Å². The van der Waals surface area contributed by atoms with Crippen LogP contribution in [0, 0.1) is 0 Å². The van der Waals surface area contributed by atoms with E-state index in [-0.39, 0.29) is 24.9 Å². The van der Waals surface area contributed by atoms with E-state index in [1.165, 1.54) is 0 Å². The normalized spacial score (nSPS) is 16.1. The van der Waals surface area contributed by atoms with E-state index in [2.05, 4.69) is 5.32 Å². The zero-order valence-corrected chi connectivity index (χ0v) is 17.7. The Morgan fingerprint density at radius 3 is 2.59 bits per heavy atom. The van der Waals surface area contributed by atoms with Gasteiger partial charge in [-0.15, -0.1) is 0 Å². The quantitative estimate of drug-likeness (QED) is 0.716. The van der Waals surface area contributed by atoms with Gasteiger partial charge in [0.25, 0.3) is 0 Å². The van der Waals surface area contributed by atoms with Crippen LogP contribution in [0.1, 0.15) is 24.0 Å². The number of nitrogens with zero attached hydrogens (tertiary/aromatic N) is 1. The Bertz CT molecular complexity index is 920. The van der Waals surface area contributed by atoms with Crippen molar-refractivity contribution in [3.8, 4) is 11.5 Å². The van der Waals surface area contributed by atoms with Crippen LogP contribution < -0.4 is 14.8 Å². The molecule has 6 nitrogen and oxygen atoms in total. The topological polar surface area (TPSA) is 67.9 Å². The predicted octanol–water partition coefficient (Wildman–Crippen LogP) is 3.82. The molecule has 1 aliphatic rings. The van der Waals surface area contributed by atoms with Crippen molar-refractivity contribution in [2.45, 2.75) is 32.0 Å². The first-order chi connectivity index (χ1) is 13.9. The number of hydrogen-bond acceptors (Lipinski definition) is 4. The molecule has 0 radical (unpaired) electrons. The predicted molar refractivity (Wildman–Crippen MR) is 111 cm³/mol. The van der Waals surface area contributed by atoms with Crippen LogP contribution in [0.2, 0.25) is 10.0 Å². The molecule has 1 N–H and O–H groups in total. The van der Waals surface area contributed by atoms with E-state index in [1.54, 1.807) is 49.5 Å². The lowest BCUT2D eigenvalue weighted by Crippen LogP contribution is -2.44. The van der Waals surface area contributed by atoms with Gasteiger partial charge in [0, 0.05) is 41.2 Å². The molecule has 29 heavy (non-hydrogen) atoms. The fourth-order valence-electron chi connectivity index (χ4n) is 3.34. The molecule has 0 aromatic heterocycles. The fourth-order valence-corrected chi connectivity index (χ4v) is 3.80. The summed E-state index contributed by atoms with van der Waals surface area (Å²) < 4.78 is 10.6. The maximum Gasteiger partial charge on any atom is 0.243 e. The molecule has 1 atom stereocenters. The van der Waals surface area contributed by atoms with Gasteiger partial charge in [-0.05, 0) is 36.2 Å². The minimum absolute atomic E-state index is 0.0711. The van der Waals surface area contributed by atoms with Crippen LogP contribution in [0.5, 0.6) is 11.5 Å². The van der Waals surface area contributed by atoms with Gasteiger partial charge in [-0.1, -0.05) is 29.3 Å². The molecular formula is C21H22Cl2N2O4. The third-order valence-corrected chi connectivity index (χ3v) is 5.52. The first kappa shape index (κ1) is 21.3. The summed E-state index contributed by atoms with van der Waals surface area (Å²) >= 11 is 12.2. The van der Waals surface area contributed by atoms with Crippen molar-refractivity contribution < 1.29 is 19.1 Å². The largest absolute Gasteiger partial charge is 0.497 e.